The van der Waals surface area contributed by atoms with E-state index in [1.165, 1.54) is 0 Å². The summed E-state index contributed by atoms with van der Waals surface area (Å²) >= 11 is 0. The molecule has 0 bridgehead atoms. The second-order valence-corrected chi connectivity index (χ2v) is 5.17. The first-order chi connectivity index (χ1) is 10.2. The van der Waals surface area contributed by atoms with Gasteiger partial charge in [-0.15, -0.1) is 0 Å². The average Bonchev–Trinajstić information content (AvgIpc) is 2.90. The zero-order chi connectivity index (χ0) is 14.4. The molecule has 0 aliphatic carbocycles. The molecule has 4 aromatic rings. The van der Waals surface area contributed by atoms with Gasteiger partial charge < -0.3 is 9.52 Å². The first-order valence-corrected chi connectivity index (χ1v) is 6.81. The van der Waals surface area contributed by atoms with Gasteiger partial charge in [-0.05, 0) is 36.1 Å². The first-order valence-electron chi connectivity index (χ1n) is 6.81. The van der Waals surface area contributed by atoms with Crippen molar-refractivity contribution in [3.05, 3.63) is 60.2 Å². The third kappa shape index (κ3) is 1.86. The number of benzene rings is 3. The van der Waals surface area contributed by atoms with Crippen LogP contribution in [0.1, 0.15) is 5.56 Å². The van der Waals surface area contributed by atoms with E-state index in [1.807, 2.05) is 61.5 Å². The molecular formula is C18H13NO2. The molecule has 102 valence electrons. The van der Waals surface area contributed by atoms with E-state index in [2.05, 4.69) is 4.98 Å². The van der Waals surface area contributed by atoms with Crippen LogP contribution in [0, 0.1) is 6.92 Å². The van der Waals surface area contributed by atoms with Crippen LogP contribution in [-0.2, 0) is 0 Å². The molecule has 0 spiro atoms. The van der Waals surface area contributed by atoms with Crippen LogP contribution in [0.5, 0.6) is 5.75 Å². The van der Waals surface area contributed by atoms with E-state index in [4.69, 9.17) is 4.42 Å². The van der Waals surface area contributed by atoms with Crippen molar-refractivity contribution in [2.75, 3.05) is 0 Å². The summed E-state index contributed by atoms with van der Waals surface area (Å²) in [6, 6.07) is 17.4. The van der Waals surface area contributed by atoms with Crippen LogP contribution in [0.25, 0.3) is 33.3 Å². The second-order valence-electron chi connectivity index (χ2n) is 5.17. The van der Waals surface area contributed by atoms with Crippen LogP contribution in [0.15, 0.2) is 59.0 Å². The smallest absolute Gasteiger partial charge is 0.231 e. The Morgan fingerprint density at radius 2 is 1.86 bits per heavy atom. The maximum absolute atomic E-state index is 10.5. The van der Waals surface area contributed by atoms with Crippen LogP contribution in [0.4, 0.5) is 0 Å². The van der Waals surface area contributed by atoms with E-state index in [-0.39, 0.29) is 5.75 Å². The number of aromatic nitrogens is 1. The average molecular weight is 275 g/mol. The molecule has 0 radical (unpaired) electrons. The normalized spacial score (nSPS) is 11.3. The Balaban J connectivity index is 1.97. The number of aromatic hydroxyl groups is 1. The van der Waals surface area contributed by atoms with E-state index in [0.717, 1.165) is 27.4 Å². The summed E-state index contributed by atoms with van der Waals surface area (Å²) in [5.41, 5.74) is 3.26. The van der Waals surface area contributed by atoms with E-state index in [0.29, 0.717) is 11.5 Å². The lowest BCUT2D eigenvalue weighted by Gasteiger charge is -2.04. The summed E-state index contributed by atoms with van der Waals surface area (Å²) in [6.07, 6.45) is 0. The van der Waals surface area contributed by atoms with Gasteiger partial charge in [-0.1, -0.05) is 36.4 Å². The van der Waals surface area contributed by atoms with E-state index in [9.17, 15) is 5.11 Å². The largest absolute Gasteiger partial charge is 0.506 e. The van der Waals surface area contributed by atoms with Gasteiger partial charge in [-0.2, -0.15) is 0 Å². The number of phenols is 1. The van der Waals surface area contributed by atoms with Crippen LogP contribution < -0.4 is 0 Å². The molecule has 1 heterocycles. The molecule has 0 aliphatic heterocycles. The van der Waals surface area contributed by atoms with Gasteiger partial charge in [0.15, 0.2) is 5.58 Å². The summed E-state index contributed by atoms with van der Waals surface area (Å²) in [4.78, 5) is 4.47. The van der Waals surface area contributed by atoms with Gasteiger partial charge in [-0.3, -0.25) is 0 Å². The Morgan fingerprint density at radius 3 is 2.76 bits per heavy atom. The molecule has 21 heavy (non-hydrogen) atoms. The predicted octanol–water partition coefficient (Wildman–Crippen LogP) is 4.66. The summed E-state index contributed by atoms with van der Waals surface area (Å²) in [6.45, 7) is 2.01. The number of hydrogen-bond donors (Lipinski definition) is 1. The van der Waals surface area contributed by atoms with Crippen molar-refractivity contribution in [1.82, 2.24) is 4.98 Å². The minimum atomic E-state index is 0.205. The van der Waals surface area contributed by atoms with Crippen molar-refractivity contribution in [3.63, 3.8) is 0 Å². The molecule has 0 atom stereocenters. The molecule has 0 amide bonds. The molecule has 3 aromatic carbocycles. The molecular weight excluding hydrogens is 262 g/mol. The maximum atomic E-state index is 10.5. The quantitative estimate of drug-likeness (QED) is 0.549. The highest BCUT2D eigenvalue weighted by atomic mass is 16.3. The standard InChI is InChI=1S/C18H13NO2/c1-11-6-9-15-16(10-11)21-18(19-15)14-8-7-12-4-2-3-5-13(12)17(14)20/h2-10,20H,1H3. The van der Waals surface area contributed by atoms with Crippen LogP contribution >= 0.6 is 0 Å². The maximum Gasteiger partial charge on any atom is 0.231 e. The molecule has 4 rings (SSSR count). The number of oxazole rings is 1. The molecule has 0 fully saturated rings. The number of hydrogen-bond acceptors (Lipinski definition) is 3. The fourth-order valence-electron chi connectivity index (χ4n) is 2.57. The third-order valence-corrected chi connectivity index (χ3v) is 3.67. The molecule has 1 aromatic heterocycles. The highest BCUT2D eigenvalue weighted by Gasteiger charge is 2.14. The summed E-state index contributed by atoms with van der Waals surface area (Å²) in [5, 5.41) is 12.3. The second kappa shape index (κ2) is 4.35. The molecule has 0 aliphatic rings. The number of nitrogens with zero attached hydrogens (tertiary/aromatic N) is 1. The topological polar surface area (TPSA) is 46.3 Å². The number of fused-ring (bicyclic) bond motifs is 2. The van der Waals surface area contributed by atoms with Gasteiger partial charge in [0.1, 0.15) is 11.3 Å². The Morgan fingerprint density at radius 1 is 1.00 bits per heavy atom. The van der Waals surface area contributed by atoms with Crippen molar-refractivity contribution in [3.8, 4) is 17.2 Å². The van der Waals surface area contributed by atoms with E-state index >= 15 is 0 Å². The molecule has 0 unspecified atom stereocenters. The molecule has 3 nitrogen and oxygen atoms in total. The van der Waals surface area contributed by atoms with Crippen LogP contribution in [-0.4, -0.2) is 10.1 Å². The zero-order valence-electron chi connectivity index (χ0n) is 11.5. The highest BCUT2D eigenvalue weighted by Crippen LogP contribution is 2.36. The Kier molecular flexibility index (Phi) is 2.48. The van der Waals surface area contributed by atoms with Gasteiger partial charge in [0.05, 0.1) is 5.56 Å². The zero-order valence-corrected chi connectivity index (χ0v) is 11.5. The Labute approximate surface area is 121 Å². The van der Waals surface area contributed by atoms with E-state index < -0.39 is 0 Å². The van der Waals surface area contributed by atoms with Crippen molar-refractivity contribution >= 4 is 21.9 Å². The SMILES string of the molecule is Cc1ccc2nc(-c3ccc4ccccc4c3O)oc2c1. The van der Waals surface area contributed by atoms with Crippen molar-refractivity contribution in [2.45, 2.75) is 6.92 Å². The van der Waals surface area contributed by atoms with Gasteiger partial charge in [-0.25, -0.2) is 4.98 Å². The fourth-order valence-corrected chi connectivity index (χ4v) is 2.57. The van der Waals surface area contributed by atoms with Gasteiger partial charge >= 0.3 is 0 Å². The van der Waals surface area contributed by atoms with Crippen molar-refractivity contribution < 1.29 is 9.52 Å². The number of phenolic OH excluding ortho intramolecular Hbond substituents is 1. The van der Waals surface area contributed by atoms with Crippen molar-refractivity contribution in [2.24, 2.45) is 0 Å². The molecule has 0 saturated carbocycles. The van der Waals surface area contributed by atoms with Crippen molar-refractivity contribution in [1.29, 1.82) is 0 Å². The van der Waals surface area contributed by atoms with Gasteiger partial charge in [0, 0.05) is 5.39 Å². The lowest BCUT2D eigenvalue weighted by Crippen LogP contribution is -1.81. The summed E-state index contributed by atoms with van der Waals surface area (Å²) in [7, 11) is 0. The first kappa shape index (κ1) is 12.0. The molecule has 1 N–H and O–H groups in total. The monoisotopic (exact) mass is 275 g/mol. The highest BCUT2D eigenvalue weighted by molar-refractivity contribution is 5.94. The Hall–Kier alpha value is -2.81. The van der Waals surface area contributed by atoms with Gasteiger partial charge in [0.25, 0.3) is 0 Å². The molecule has 3 heteroatoms. The lowest BCUT2D eigenvalue weighted by molar-refractivity contribution is 0.480. The van der Waals surface area contributed by atoms with Crippen LogP contribution in [0.3, 0.4) is 0 Å². The number of aryl methyl sites for hydroxylation is 1. The van der Waals surface area contributed by atoms with Gasteiger partial charge in [0.2, 0.25) is 5.89 Å². The van der Waals surface area contributed by atoms with Crippen LogP contribution in [0.2, 0.25) is 0 Å². The minimum absolute atomic E-state index is 0.205. The lowest BCUT2D eigenvalue weighted by atomic mass is 10.1. The number of rotatable bonds is 1. The van der Waals surface area contributed by atoms with E-state index in [1.54, 1.807) is 0 Å². The predicted molar refractivity (Wildman–Crippen MR) is 83.4 cm³/mol. The summed E-state index contributed by atoms with van der Waals surface area (Å²) < 4.78 is 5.79. The minimum Gasteiger partial charge on any atom is -0.506 e. The molecule has 0 saturated heterocycles. The Bertz CT molecular complexity index is 969. The summed E-state index contributed by atoms with van der Waals surface area (Å²) in [5.74, 6) is 0.648. The third-order valence-electron chi connectivity index (χ3n) is 3.67. The fraction of sp³-hybridized carbons (Fsp3) is 0.0556.